The van der Waals surface area contributed by atoms with Gasteiger partial charge < -0.3 is 4.74 Å². The van der Waals surface area contributed by atoms with Gasteiger partial charge in [-0.25, -0.2) is 4.79 Å². The molecule has 1 unspecified atom stereocenters. The molecule has 23 heavy (non-hydrogen) atoms. The maximum Gasteiger partial charge on any atom is 0.333 e. The molecule has 0 aromatic rings. The molecule has 0 radical (unpaired) electrons. The lowest BCUT2D eigenvalue weighted by Gasteiger charge is -2.14. The van der Waals surface area contributed by atoms with E-state index in [0.29, 0.717) is 12.5 Å². The van der Waals surface area contributed by atoms with Gasteiger partial charge in [0.25, 0.3) is 0 Å². The van der Waals surface area contributed by atoms with Crippen LogP contribution in [0.2, 0.25) is 0 Å². The van der Waals surface area contributed by atoms with E-state index in [1.54, 1.807) is 0 Å². The minimum absolute atomic E-state index is 0.0998. The van der Waals surface area contributed by atoms with E-state index in [2.05, 4.69) is 13.0 Å². The van der Waals surface area contributed by atoms with Gasteiger partial charge >= 0.3 is 5.97 Å². The number of carbonyl (C=O) groups is 1. The maximum absolute atomic E-state index is 12.0. The van der Waals surface area contributed by atoms with Gasteiger partial charge in [-0.2, -0.15) is 0 Å². The molecule has 0 N–H and O–H groups in total. The first kappa shape index (κ1) is 20.3. The third-order valence-electron chi connectivity index (χ3n) is 4.94. The highest BCUT2D eigenvalue weighted by molar-refractivity contribution is 5.87. The van der Waals surface area contributed by atoms with Crippen molar-refractivity contribution in [2.24, 2.45) is 5.92 Å². The molecule has 1 rings (SSSR count). The lowest BCUT2D eigenvalue weighted by Crippen LogP contribution is -2.09. The smallest absolute Gasteiger partial charge is 0.333 e. The van der Waals surface area contributed by atoms with Gasteiger partial charge in [0, 0.05) is 5.57 Å². The van der Waals surface area contributed by atoms with Crippen molar-refractivity contribution in [2.45, 2.75) is 104 Å². The molecule has 0 aromatic carbocycles. The lowest BCUT2D eigenvalue weighted by atomic mass is 9.92. The van der Waals surface area contributed by atoms with Crippen molar-refractivity contribution in [1.29, 1.82) is 0 Å². The number of unbranched alkanes of at least 4 members (excludes halogenated alkanes) is 5. The molecule has 2 nitrogen and oxygen atoms in total. The maximum atomic E-state index is 12.0. The van der Waals surface area contributed by atoms with Gasteiger partial charge in [-0.15, -0.1) is 0 Å². The molecule has 0 amide bonds. The van der Waals surface area contributed by atoms with Crippen molar-refractivity contribution in [3.05, 3.63) is 11.6 Å². The number of esters is 1. The van der Waals surface area contributed by atoms with Crippen LogP contribution in [0.4, 0.5) is 0 Å². The summed E-state index contributed by atoms with van der Waals surface area (Å²) in [5.74, 6) is 0.465. The Hall–Kier alpha value is -0.790. The third kappa shape index (κ3) is 10.6. The SMILES string of the molecule is CCCCCCCCC1/C=C(/C)C(=O)OCCCCCCCC1. The first-order valence-electron chi connectivity index (χ1n) is 10.1. The van der Waals surface area contributed by atoms with Crippen LogP contribution in [0.5, 0.6) is 0 Å². The Balaban J connectivity index is 2.42. The molecule has 0 aliphatic carbocycles. The summed E-state index contributed by atoms with van der Waals surface area (Å²) in [6, 6.07) is 0. The van der Waals surface area contributed by atoms with E-state index in [1.165, 1.54) is 83.5 Å². The topological polar surface area (TPSA) is 26.3 Å². The second-order valence-corrected chi connectivity index (χ2v) is 7.21. The van der Waals surface area contributed by atoms with Crippen molar-refractivity contribution in [2.75, 3.05) is 6.61 Å². The summed E-state index contributed by atoms with van der Waals surface area (Å²) in [5.41, 5.74) is 0.820. The fourth-order valence-corrected chi connectivity index (χ4v) is 3.41. The van der Waals surface area contributed by atoms with Crippen LogP contribution < -0.4 is 0 Å². The van der Waals surface area contributed by atoms with Crippen molar-refractivity contribution in [1.82, 2.24) is 0 Å². The molecule has 0 fully saturated rings. The van der Waals surface area contributed by atoms with E-state index in [4.69, 9.17) is 4.74 Å². The summed E-state index contributed by atoms with van der Waals surface area (Å²) >= 11 is 0. The van der Waals surface area contributed by atoms with Gasteiger partial charge in [0.2, 0.25) is 0 Å². The predicted molar refractivity (Wildman–Crippen MR) is 98.5 cm³/mol. The number of hydrogen-bond donors (Lipinski definition) is 0. The Morgan fingerprint density at radius 3 is 2.39 bits per heavy atom. The van der Waals surface area contributed by atoms with Crippen LogP contribution in [0.25, 0.3) is 0 Å². The van der Waals surface area contributed by atoms with Gasteiger partial charge in [0.05, 0.1) is 6.61 Å². The van der Waals surface area contributed by atoms with Crippen LogP contribution in [0, 0.1) is 5.92 Å². The molecule has 0 saturated heterocycles. The predicted octanol–water partition coefficient (Wildman–Crippen LogP) is 6.59. The zero-order valence-electron chi connectivity index (χ0n) is 15.6. The Bertz CT molecular complexity index is 333. The number of ether oxygens (including phenoxy) is 1. The zero-order valence-corrected chi connectivity index (χ0v) is 15.6. The van der Waals surface area contributed by atoms with Crippen molar-refractivity contribution in [3.63, 3.8) is 0 Å². The number of carbonyl (C=O) groups excluding carboxylic acids is 1. The summed E-state index contributed by atoms with van der Waals surface area (Å²) in [6.07, 6.45) is 20.2. The highest BCUT2D eigenvalue weighted by Crippen LogP contribution is 2.22. The molecular formula is C21H38O2. The lowest BCUT2D eigenvalue weighted by molar-refractivity contribution is -0.139. The van der Waals surface area contributed by atoms with Crippen molar-refractivity contribution in [3.8, 4) is 0 Å². The average molecular weight is 323 g/mol. The fraction of sp³-hybridized carbons (Fsp3) is 0.857. The van der Waals surface area contributed by atoms with E-state index in [0.717, 1.165) is 12.0 Å². The monoisotopic (exact) mass is 322 g/mol. The highest BCUT2D eigenvalue weighted by atomic mass is 16.5. The molecule has 0 saturated carbocycles. The first-order valence-corrected chi connectivity index (χ1v) is 10.1. The molecule has 2 heteroatoms. The highest BCUT2D eigenvalue weighted by Gasteiger charge is 2.12. The summed E-state index contributed by atoms with van der Waals surface area (Å²) in [4.78, 5) is 12.0. The van der Waals surface area contributed by atoms with Gasteiger partial charge in [-0.05, 0) is 32.1 Å². The second kappa shape index (κ2) is 13.6. The molecular weight excluding hydrogens is 284 g/mol. The minimum Gasteiger partial charge on any atom is -0.462 e. The van der Waals surface area contributed by atoms with Gasteiger partial charge in [0.1, 0.15) is 0 Å². The molecule has 1 aliphatic heterocycles. The number of hydrogen-bond acceptors (Lipinski definition) is 2. The minimum atomic E-state index is -0.0998. The Labute approximate surface area is 144 Å². The van der Waals surface area contributed by atoms with Crippen LogP contribution in [0.1, 0.15) is 104 Å². The Kier molecular flexibility index (Phi) is 12.0. The average Bonchev–Trinajstić information content (AvgIpc) is 2.56. The van der Waals surface area contributed by atoms with Gasteiger partial charge in [-0.1, -0.05) is 83.6 Å². The van der Waals surface area contributed by atoms with E-state index in [1.807, 2.05) is 6.92 Å². The van der Waals surface area contributed by atoms with E-state index < -0.39 is 0 Å². The van der Waals surface area contributed by atoms with E-state index >= 15 is 0 Å². The number of cyclic esters (lactones) is 1. The van der Waals surface area contributed by atoms with Crippen molar-refractivity contribution < 1.29 is 9.53 Å². The molecule has 0 aromatic heterocycles. The van der Waals surface area contributed by atoms with E-state index in [9.17, 15) is 4.79 Å². The van der Waals surface area contributed by atoms with Crippen LogP contribution >= 0.6 is 0 Å². The summed E-state index contributed by atoms with van der Waals surface area (Å²) in [6.45, 7) is 4.78. The second-order valence-electron chi connectivity index (χ2n) is 7.21. The molecule has 1 atom stereocenters. The fourth-order valence-electron chi connectivity index (χ4n) is 3.41. The summed E-state index contributed by atoms with van der Waals surface area (Å²) in [7, 11) is 0. The van der Waals surface area contributed by atoms with Gasteiger partial charge in [-0.3, -0.25) is 0 Å². The van der Waals surface area contributed by atoms with E-state index in [-0.39, 0.29) is 5.97 Å². The van der Waals surface area contributed by atoms with Crippen LogP contribution in [0.15, 0.2) is 11.6 Å². The molecule has 0 spiro atoms. The normalized spacial score (nSPS) is 23.8. The number of rotatable bonds is 7. The molecule has 0 bridgehead atoms. The quantitative estimate of drug-likeness (QED) is 0.390. The molecule has 1 aliphatic rings. The Morgan fingerprint density at radius 1 is 0.957 bits per heavy atom. The number of allylic oxidation sites excluding steroid dienone is 1. The van der Waals surface area contributed by atoms with Crippen LogP contribution in [-0.2, 0) is 9.53 Å². The zero-order chi connectivity index (χ0) is 16.8. The first-order chi connectivity index (χ1) is 11.2. The summed E-state index contributed by atoms with van der Waals surface area (Å²) in [5, 5.41) is 0. The Morgan fingerprint density at radius 2 is 1.61 bits per heavy atom. The van der Waals surface area contributed by atoms with Crippen LogP contribution in [0.3, 0.4) is 0 Å². The van der Waals surface area contributed by atoms with Crippen LogP contribution in [-0.4, -0.2) is 12.6 Å². The largest absolute Gasteiger partial charge is 0.462 e. The molecule has 134 valence electrons. The van der Waals surface area contributed by atoms with Gasteiger partial charge in [0.15, 0.2) is 0 Å². The molecule has 1 heterocycles. The van der Waals surface area contributed by atoms with Crippen molar-refractivity contribution >= 4 is 5.97 Å². The third-order valence-corrected chi connectivity index (χ3v) is 4.94. The summed E-state index contributed by atoms with van der Waals surface area (Å²) < 4.78 is 5.38. The standard InChI is InChI=1S/C21H38O2/c1-3-4-5-6-9-12-15-20-16-13-10-7-8-11-14-17-23-21(22)19(2)18-20/h18,20H,3-17H2,1-2H3/b19-18-.